The van der Waals surface area contributed by atoms with E-state index in [-0.39, 0.29) is 29.8 Å². The number of benzene rings is 1. The minimum absolute atomic E-state index is 0.0901. The number of amides is 1. The number of hydrogen-bond donors (Lipinski definition) is 2. The maximum Gasteiger partial charge on any atom is 0.286 e. The van der Waals surface area contributed by atoms with Gasteiger partial charge in [-0.25, -0.2) is 4.68 Å². The van der Waals surface area contributed by atoms with Crippen LogP contribution in [0, 0.1) is 6.92 Å². The number of aliphatic hydroxyl groups excluding tert-OH is 1. The Morgan fingerprint density at radius 2 is 2.00 bits per heavy atom. The van der Waals surface area contributed by atoms with Gasteiger partial charge in [-0.3, -0.25) is 14.3 Å². The van der Waals surface area contributed by atoms with Gasteiger partial charge in [-0.15, -0.1) is 0 Å². The van der Waals surface area contributed by atoms with Gasteiger partial charge in [0, 0.05) is 50.9 Å². The summed E-state index contributed by atoms with van der Waals surface area (Å²) in [4.78, 5) is 26.2. The Bertz CT molecular complexity index is 1010. The molecule has 0 bridgehead atoms. The minimum Gasteiger partial charge on any atom is -0.459 e. The second kappa shape index (κ2) is 11.8. The first-order chi connectivity index (χ1) is 16.0. The summed E-state index contributed by atoms with van der Waals surface area (Å²) < 4.78 is 20.1. The molecule has 2 aromatic rings. The van der Waals surface area contributed by atoms with Gasteiger partial charge in [0.05, 0.1) is 18.9 Å². The largest absolute Gasteiger partial charge is 0.459 e. The fraction of sp³-hybridized carbons (Fsp3) is 0.500. The highest BCUT2D eigenvalue weighted by atomic mass is 16.7. The van der Waals surface area contributed by atoms with Crippen LogP contribution in [-0.2, 0) is 26.1 Å². The van der Waals surface area contributed by atoms with Crippen molar-refractivity contribution in [2.45, 2.75) is 38.4 Å². The summed E-state index contributed by atoms with van der Waals surface area (Å²) in [5.74, 6) is -0.602. The predicted molar refractivity (Wildman–Crippen MR) is 123 cm³/mol. The monoisotopic (exact) mass is 459 g/mol. The molecule has 180 valence electrons. The maximum atomic E-state index is 13.5. The first kappa shape index (κ1) is 24.8. The van der Waals surface area contributed by atoms with E-state index in [2.05, 4.69) is 5.32 Å². The van der Waals surface area contributed by atoms with Crippen LogP contribution in [0.15, 0.2) is 47.0 Å². The molecule has 9 heteroatoms. The van der Waals surface area contributed by atoms with Gasteiger partial charge in [-0.1, -0.05) is 18.2 Å². The first-order valence-corrected chi connectivity index (χ1v) is 11.2. The Morgan fingerprint density at radius 1 is 1.24 bits per heavy atom. The molecule has 33 heavy (non-hydrogen) atoms. The quantitative estimate of drug-likeness (QED) is 0.496. The molecule has 0 saturated heterocycles. The summed E-state index contributed by atoms with van der Waals surface area (Å²) in [7, 11) is 3.41. The standard InChI is InChI=1S/C24H33N3O6/c1-17-22(24(30)27(26(17)2)19-9-5-4-6-10-19)18-15-20(23(29)25-11-14-31-3)33-21(16-18)32-13-8-7-12-28/h4-6,9-10,15,18,21,28H,7-8,11-14,16H2,1-3H3,(H,25,29). The van der Waals surface area contributed by atoms with Crippen molar-refractivity contribution in [1.29, 1.82) is 0 Å². The molecule has 3 rings (SSSR count). The molecule has 0 spiro atoms. The van der Waals surface area contributed by atoms with Crippen LogP contribution >= 0.6 is 0 Å². The van der Waals surface area contributed by atoms with Crippen LogP contribution in [0.3, 0.4) is 0 Å². The van der Waals surface area contributed by atoms with Crippen LogP contribution in [0.2, 0.25) is 0 Å². The van der Waals surface area contributed by atoms with E-state index in [9.17, 15) is 9.59 Å². The van der Waals surface area contributed by atoms with Gasteiger partial charge in [0.1, 0.15) is 0 Å². The maximum absolute atomic E-state index is 13.5. The summed E-state index contributed by atoms with van der Waals surface area (Å²) >= 11 is 0. The normalized spacial score (nSPS) is 18.0. The average molecular weight is 460 g/mol. The van der Waals surface area contributed by atoms with Gasteiger partial charge >= 0.3 is 0 Å². The number of ether oxygens (including phenoxy) is 3. The fourth-order valence-electron chi connectivity index (χ4n) is 3.92. The topological polar surface area (TPSA) is 104 Å². The highest BCUT2D eigenvalue weighted by molar-refractivity contribution is 5.91. The molecule has 2 unspecified atom stereocenters. The zero-order valence-corrected chi connectivity index (χ0v) is 19.5. The van der Waals surface area contributed by atoms with Gasteiger partial charge < -0.3 is 24.6 Å². The number of nitrogens with one attached hydrogen (secondary N) is 1. The third kappa shape index (κ3) is 5.93. The molecule has 1 aliphatic heterocycles. The fourth-order valence-corrected chi connectivity index (χ4v) is 3.92. The Balaban J connectivity index is 1.92. The van der Waals surface area contributed by atoms with E-state index in [1.54, 1.807) is 17.9 Å². The van der Waals surface area contributed by atoms with Crippen LogP contribution in [0.4, 0.5) is 0 Å². The highest BCUT2D eigenvalue weighted by Crippen LogP contribution is 2.32. The van der Waals surface area contributed by atoms with E-state index in [4.69, 9.17) is 19.3 Å². The van der Waals surface area contributed by atoms with Crippen molar-refractivity contribution >= 4 is 5.91 Å². The minimum atomic E-state index is -0.675. The third-order valence-corrected chi connectivity index (χ3v) is 5.70. The van der Waals surface area contributed by atoms with Gasteiger partial charge in [-0.05, 0) is 38.0 Å². The smallest absolute Gasteiger partial charge is 0.286 e. The molecule has 1 aromatic carbocycles. The van der Waals surface area contributed by atoms with E-state index in [1.807, 2.05) is 49.0 Å². The highest BCUT2D eigenvalue weighted by Gasteiger charge is 2.32. The predicted octanol–water partition coefficient (Wildman–Crippen LogP) is 1.75. The summed E-state index contributed by atoms with van der Waals surface area (Å²) in [6.07, 6.45) is 2.73. The average Bonchev–Trinajstić information content (AvgIpc) is 3.05. The number of rotatable bonds is 11. The van der Waals surface area contributed by atoms with Crippen LogP contribution in [0.5, 0.6) is 0 Å². The number of carbonyl (C=O) groups is 1. The van der Waals surface area contributed by atoms with Crippen LogP contribution in [0.1, 0.15) is 36.4 Å². The molecule has 2 heterocycles. The lowest BCUT2D eigenvalue weighted by atomic mass is 9.93. The molecule has 2 atom stereocenters. The Kier molecular flexibility index (Phi) is 8.87. The van der Waals surface area contributed by atoms with Crippen LogP contribution in [0.25, 0.3) is 5.69 Å². The van der Waals surface area contributed by atoms with E-state index in [1.165, 1.54) is 0 Å². The number of hydrogen-bond acceptors (Lipinski definition) is 6. The van der Waals surface area contributed by atoms with Crippen molar-refractivity contribution < 1.29 is 24.1 Å². The molecule has 1 aromatic heterocycles. The summed E-state index contributed by atoms with van der Waals surface area (Å²) in [5, 5.41) is 11.8. The van der Waals surface area contributed by atoms with Gasteiger partial charge in [0.2, 0.25) is 6.29 Å². The molecule has 0 saturated carbocycles. The van der Waals surface area contributed by atoms with Crippen LogP contribution in [-0.4, -0.2) is 60.1 Å². The van der Waals surface area contributed by atoms with Crippen molar-refractivity contribution in [3.05, 3.63) is 63.8 Å². The number of unbranched alkanes of at least 4 members (excludes halogenated alkanes) is 1. The zero-order chi connectivity index (χ0) is 23.8. The van der Waals surface area contributed by atoms with Crippen molar-refractivity contribution in [1.82, 2.24) is 14.7 Å². The lowest BCUT2D eigenvalue weighted by Crippen LogP contribution is -2.35. The number of para-hydroxylation sites is 1. The summed E-state index contributed by atoms with van der Waals surface area (Å²) in [6, 6.07) is 9.44. The Hall–Kier alpha value is -2.88. The van der Waals surface area contributed by atoms with Crippen molar-refractivity contribution in [2.24, 2.45) is 7.05 Å². The van der Waals surface area contributed by atoms with E-state index < -0.39 is 6.29 Å². The number of carbonyl (C=O) groups excluding carboxylic acids is 1. The zero-order valence-electron chi connectivity index (χ0n) is 19.5. The van der Waals surface area contributed by atoms with E-state index in [0.717, 1.165) is 11.4 Å². The SMILES string of the molecule is COCCNC(=O)C1=CC(c2c(C)n(C)n(-c3ccccc3)c2=O)CC(OCCCCO)O1. The van der Waals surface area contributed by atoms with Crippen LogP contribution < -0.4 is 10.9 Å². The number of aromatic nitrogens is 2. The number of nitrogens with zero attached hydrogens (tertiary/aromatic N) is 2. The van der Waals surface area contributed by atoms with Gasteiger partial charge in [0.15, 0.2) is 5.76 Å². The van der Waals surface area contributed by atoms with Gasteiger partial charge in [0.25, 0.3) is 11.5 Å². The van der Waals surface area contributed by atoms with E-state index in [0.29, 0.717) is 44.6 Å². The second-order valence-corrected chi connectivity index (χ2v) is 7.95. The Morgan fingerprint density at radius 3 is 2.70 bits per heavy atom. The number of allylic oxidation sites excluding steroid dienone is 1. The third-order valence-electron chi connectivity index (χ3n) is 5.70. The molecule has 0 radical (unpaired) electrons. The molecule has 0 aliphatic carbocycles. The summed E-state index contributed by atoms with van der Waals surface area (Å²) in [5.41, 5.74) is 2.05. The lowest BCUT2D eigenvalue weighted by Gasteiger charge is -2.29. The lowest BCUT2D eigenvalue weighted by molar-refractivity contribution is -0.146. The summed E-state index contributed by atoms with van der Waals surface area (Å²) in [6.45, 7) is 3.09. The van der Waals surface area contributed by atoms with Gasteiger partial charge in [-0.2, -0.15) is 0 Å². The molecule has 0 fully saturated rings. The molecular weight excluding hydrogens is 426 g/mol. The second-order valence-electron chi connectivity index (χ2n) is 7.95. The molecule has 9 nitrogen and oxygen atoms in total. The molecular formula is C24H33N3O6. The number of methoxy groups -OCH3 is 1. The van der Waals surface area contributed by atoms with E-state index >= 15 is 0 Å². The number of aliphatic hydroxyl groups is 1. The van der Waals surface area contributed by atoms with Crippen molar-refractivity contribution in [2.75, 3.05) is 33.5 Å². The molecule has 1 aliphatic rings. The van der Waals surface area contributed by atoms with Crippen molar-refractivity contribution in [3.8, 4) is 5.69 Å². The molecule has 1 amide bonds. The van der Waals surface area contributed by atoms with Crippen molar-refractivity contribution in [3.63, 3.8) is 0 Å². The molecule has 2 N–H and O–H groups in total. The Labute approximate surface area is 193 Å². The first-order valence-electron chi connectivity index (χ1n) is 11.2.